The van der Waals surface area contributed by atoms with Gasteiger partial charge in [0.1, 0.15) is 0 Å². The Morgan fingerprint density at radius 2 is 1.59 bits per heavy atom. The molecule has 0 N–H and O–H groups in total. The van der Waals surface area contributed by atoms with Crippen molar-refractivity contribution >= 4 is 0 Å². The molecule has 0 radical (unpaired) electrons. The molecule has 1 rings (SSSR count). The fraction of sp³-hybridized carbons (Fsp3) is 0.676. The molecule has 1 heterocycles. The van der Waals surface area contributed by atoms with E-state index in [9.17, 15) is 0 Å². The van der Waals surface area contributed by atoms with Crippen LogP contribution in [0.2, 0.25) is 0 Å². The minimum atomic E-state index is -0.0321. The highest BCUT2D eigenvalue weighted by Crippen LogP contribution is 2.49. The Kier molecular flexibility index (Phi) is 14.0. The van der Waals surface area contributed by atoms with Crippen molar-refractivity contribution in [1.29, 1.82) is 0 Å². The van der Waals surface area contributed by atoms with Crippen molar-refractivity contribution in [3.8, 4) is 0 Å². The van der Waals surface area contributed by atoms with Gasteiger partial charge in [0, 0.05) is 17.0 Å². The molecule has 0 aromatic carbocycles. The molecule has 2 nitrogen and oxygen atoms in total. The van der Waals surface area contributed by atoms with Crippen molar-refractivity contribution in [2.75, 3.05) is 0 Å². The van der Waals surface area contributed by atoms with Crippen LogP contribution in [-0.4, -0.2) is 22.2 Å². The summed E-state index contributed by atoms with van der Waals surface area (Å²) >= 11 is 0. The van der Waals surface area contributed by atoms with Crippen LogP contribution in [0.25, 0.3) is 0 Å². The molecule has 3 atom stereocenters. The quantitative estimate of drug-likeness (QED) is 0.193. The monoisotopic (exact) mass is 537 g/mol. The van der Waals surface area contributed by atoms with Gasteiger partial charge >= 0.3 is 0 Å². The van der Waals surface area contributed by atoms with Gasteiger partial charge in [0.15, 0.2) is 0 Å². The first-order valence-electron chi connectivity index (χ1n) is 15.6. The first-order chi connectivity index (χ1) is 18.1. The average Bonchev–Trinajstić information content (AvgIpc) is 2.84. The topological polar surface area (TPSA) is 12.5 Å². The first-order valence-corrected chi connectivity index (χ1v) is 15.6. The third kappa shape index (κ3) is 10.4. The molecule has 1 fully saturated rings. The summed E-state index contributed by atoms with van der Waals surface area (Å²) in [6.07, 6.45) is 27.7. The Balaban J connectivity index is 3.75. The number of hydrogen-bond donors (Lipinski definition) is 0. The average molecular weight is 538 g/mol. The first kappa shape index (κ1) is 35.4. The van der Waals surface area contributed by atoms with E-state index < -0.39 is 0 Å². The smallest absolute Gasteiger partial charge is 0.0834 e. The molecular weight excluding hydrogens is 474 g/mol. The van der Waals surface area contributed by atoms with Crippen molar-refractivity contribution in [2.45, 2.75) is 145 Å². The van der Waals surface area contributed by atoms with Gasteiger partial charge < -0.3 is 0 Å². The molecule has 0 bridgehead atoms. The number of hydroxylamine groups is 2. The van der Waals surface area contributed by atoms with Crippen molar-refractivity contribution in [3.63, 3.8) is 0 Å². The number of rotatable bonds is 15. The second-order valence-electron chi connectivity index (χ2n) is 14.0. The van der Waals surface area contributed by atoms with E-state index in [1.54, 1.807) is 0 Å². The summed E-state index contributed by atoms with van der Waals surface area (Å²) in [5, 5.41) is 2.35. The number of piperidine rings is 1. The molecule has 0 aromatic heterocycles. The molecule has 0 aromatic rings. The molecule has 0 saturated carbocycles. The maximum atomic E-state index is 7.10. The minimum absolute atomic E-state index is 0.00157. The second-order valence-corrected chi connectivity index (χ2v) is 14.0. The van der Waals surface area contributed by atoms with Gasteiger partial charge in [-0.2, -0.15) is 5.06 Å². The van der Waals surface area contributed by atoms with Crippen molar-refractivity contribution < 1.29 is 4.84 Å². The van der Waals surface area contributed by atoms with Gasteiger partial charge in [-0.25, -0.2) is 0 Å². The Morgan fingerprint density at radius 3 is 2.08 bits per heavy atom. The van der Waals surface area contributed by atoms with Crippen LogP contribution in [0.4, 0.5) is 0 Å². The molecule has 0 amide bonds. The van der Waals surface area contributed by atoms with Crippen LogP contribution < -0.4 is 0 Å². The second kappa shape index (κ2) is 15.4. The van der Waals surface area contributed by atoms with Crippen LogP contribution in [-0.2, 0) is 4.84 Å². The van der Waals surface area contributed by atoms with E-state index in [-0.39, 0.29) is 33.9 Å². The fourth-order valence-electron chi connectivity index (χ4n) is 6.61. The summed E-state index contributed by atoms with van der Waals surface area (Å²) in [6.45, 7) is 31.7. The third-order valence-corrected chi connectivity index (χ3v) is 8.82. The van der Waals surface area contributed by atoms with E-state index >= 15 is 0 Å². The predicted octanol–water partition coefficient (Wildman–Crippen LogP) is 11.3. The van der Waals surface area contributed by atoms with Crippen LogP contribution >= 0.6 is 0 Å². The summed E-state index contributed by atoms with van der Waals surface area (Å²) in [4.78, 5) is 7.10. The van der Waals surface area contributed by atoms with Gasteiger partial charge in [-0.15, -0.1) is 0 Å². The van der Waals surface area contributed by atoms with Crippen LogP contribution in [0.15, 0.2) is 72.4 Å². The van der Waals surface area contributed by atoms with Crippen LogP contribution in [0.5, 0.6) is 0 Å². The lowest BCUT2D eigenvalue weighted by Crippen LogP contribution is -2.59. The number of nitrogens with zero attached hydrogens (tertiary/aromatic N) is 1. The van der Waals surface area contributed by atoms with E-state index in [2.05, 4.69) is 143 Å². The lowest BCUT2D eigenvalue weighted by molar-refractivity contribution is -0.308. The Bertz CT molecular complexity index is 894. The maximum Gasteiger partial charge on any atom is 0.0834 e. The minimum Gasteiger partial charge on any atom is -0.294 e. The lowest BCUT2D eigenvalue weighted by Gasteiger charge is -2.53. The molecule has 1 saturated heterocycles. The van der Waals surface area contributed by atoms with Gasteiger partial charge in [-0.3, -0.25) is 4.84 Å². The molecule has 0 spiro atoms. The van der Waals surface area contributed by atoms with Crippen LogP contribution in [0, 0.1) is 16.7 Å². The van der Waals surface area contributed by atoms with E-state index in [0.29, 0.717) is 0 Å². The van der Waals surface area contributed by atoms with Gasteiger partial charge in [0.05, 0.1) is 6.10 Å². The Labute approximate surface area is 244 Å². The highest BCUT2D eigenvalue weighted by molar-refractivity contribution is 5.33. The maximum absolute atomic E-state index is 7.10. The highest BCUT2D eigenvalue weighted by atomic mass is 16.7. The lowest BCUT2D eigenvalue weighted by atomic mass is 9.63. The predicted molar refractivity (Wildman–Crippen MR) is 175 cm³/mol. The van der Waals surface area contributed by atoms with E-state index in [4.69, 9.17) is 4.84 Å². The zero-order chi connectivity index (χ0) is 29.9. The summed E-state index contributed by atoms with van der Waals surface area (Å²) in [6, 6.07) is 0. The molecular formula is C37H63NO. The summed E-state index contributed by atoms with van der Waals surface area (Å²) in [5.74, 6) is 0.228. The molecule has 39 heavy (non-hydrogen) atoms. The Hall–Kier alpha value is -1.64. The molecule has 1 aliphatic heterocycles. The van der Waals surface area contributed by atoms with Crippen LogP contribution in [0.1, 0.15) is 128 Å². The largest absolute Gasteiger partial charge is 0.294 e. The van der Waals surface area contributed by atoms with Crippen molar-refractivity contribution in [1.82, 2.24) is 5.06 Å². The summed E-state index contributed by atoms with van der Waals surface area (Å²) in [7, 11) is 0. The van der Waals surface area contributed by atoms with E-state index in [1.807, 2.05) is 6.08 Å². The molecule has 0 aliphatic carbocycles. The van der Waals surface area contributed by atoms with E-state index in [0.717, 1.165) is 38.5 Å². The summed E-state index contributed by atoms with van der Waals surface area (Å²) in [5.41, 5.74) is 2.94. The molecule has 2 heteroatoms. The highest BCUT2D eigenvalue weighted by Gasteiger charge is 2.45. The zero-order valence-electron chi connectivity index (χ0n) is 27.9. The molecule has 222 valence electrons. The van der Waals surface area contributed by atoms with Gasteiger partial charge in [-0.1, -0.05) is 102 Å². The number of hydrogen-bond acceptors (Lipinski definition) is 2. The standard InChI is InChI=1S/C37H63NO/c1-14-19-24-31(22-16-3)33(30(6)39-38-35(9,10)26-21-27-36(38,11)12)28-37(13,29-34(7,8)18-5)32(23-17-4)25-20-15-2/h14-15,17,19-20,22-25,30,33H,1,16,18,21,26-29H2,2-13H3/b20-15-,23-17-,24-19-,31-22+,32-25+. The van der Waals surface area contributed by atoms with Crippen molar-refractivity contribution in [3.05, 3.63) is 72.4 Å². The van der Waals surface area contributed by atoms with Gasteiger partial charge in [0.25, 0.3) is 0 Å². The van der Waals surface area contributed by atoms with Gasteiger partial charge in [-0.05, 0) is 109 Å². The SMILES string of the molecule is C=C/C=C\C(=C/CC)C(CC(C)(CC(C)(C)CC)C(/C=C\C)=C/C=C\C)C(C)ON1C(C)(C)CCCC1(C)C. The van der Waals surface area contributed by atoms with Gasteiger partial charge in [0.2, 0.25) is 0 Å². The zero-order valence-corrected chi connectivity index (χ0v) is 27.9. The Morgan fingerprint density at radius 1 is 0.974 bits per heavy atom. The third-order valence-electron chi connectivity index (χ3n) is 8.82. The molecule has 3 unspecified atom stereocenters. The van der Waals surface area contributed by atoms with E-state index in [1.165, 1.54) is 17.6 Å². The number of allylic oxidation sites excluding steroid dienone is 10. The summed E-state index contributed by atoms with van der Waals surface area (Å²) < 4.78 is 0. The fourth-order valence-corrected chi connectivity index (χ4v) is 6.61. The van der Waals surface area contributed by atoms with Crippen molar-refractivity contribution in [2.24, 2.45) is 16.7 Å². The normalized spacial score (nSPS) is 22.5. The molecule has 1 aliphatic rings. The van der Waals surface area contributed by atoms with Crippen LogP contribution in [0.3, 0.4) is 0 Å².